The number of hydrogen-bond donors (Lipinski definition) is 0. The number of sulfonamides is 1. The maximum atomic E-state index is 13.3. The molecule has 3 aromatic rings. The summed E-state index contributed by atoms with van der Waals surface area (Å²) in [5.41, 5.74) is 2.37. The second-order valence-corrected chi connectivity index (χ2v) is 8.45. The van der Waals surface area contributed by atoms with Gasteiger partial charge in [-0.3, -0.25) is 0 Å². The summed E-state index contributed by atoms with van der Waals surface area (Å²) in [6.45, 7) is 0. The molecule has 0 spiro atoms. The van der Waals surface area contributed by atoms with E-state index in [1.807, 2.05) is 48.5 Å². The first-order valence-electron chi connectivity index (χ1n) is 8.54. The van der Waals surface area contributed by atoms with Crippen LogP contribution in [0.3, 0.4) is 0 Å². The predicted molar refractivity (Wildman–Crippen MR) is 107 cm³/mol. The van der Waals surface area contributed by atoms with Gasteiger partial charge in [-0.15, -0.1) is 0 Å². The van der Waals surface area contributed by atoms with Crippen molar-refractivity contribution in [1.29, 1.82) is 0 Å². The molecule has 27 heavy (non-hydrogen) atoms. The van der Waals surface area contributed by atoms with E-state index in [0.717, 1.165) is 16.8 Å². The molecule has 1 atom stereocenters. The first-order chi connectivity index (χ1) is 13.1. The van der Waals surface area contributed by atoms with Crippen molar-refractivity contribution in [3.05, 3.63) is 101 Å². The van der Waals surface area contributed by atoms with E-state index in [1.165, 1.54) is 4.41 Å². The maximum Gasteiger partial charge on any atom is 0.279 e. The van der Waals surface area contributed by atoms with E-state index in [4.69, 9.17) is 11.6 Å². The highest BCUT2D eigenvalue weighted by Crippen LogP contribution is 2.39. The second-order valence-electron chi connectivity index (χ2n) is 6.24. The van der Waals surface area contributed by atoms with Gasteiger partial charge in [-0.25, -0.2) is 0 Å². The number of nitrogens with zero attached hydrogens (tertiary/aromatic N) is 2. The number of hydrogen-bond acceptors (Lipinski definition) is 3. The molecule has 3 aromatic carbocycles. The highest BCUT2D eigenvalue weighted by atomic mass is 35.5. The Morgan fingerprint density at radius 2 is 1.44 bits per heavy atom. The van der Waals surface area contributed by atoms with Gasteiger partial charge in [0.15, 0.2) is 0 Å². The average molecular weight is 397 g/mol. The van der Waals surface area contributed by atoms with Gasteiger partial charge >= 0.3 is 0 Å². The molecule has 0 radical (unpaired) electrons. The van der Waals surface area contributed by atoms with Gasteiger partial charge < -0.3 is 0 Å². The van der Waals surface area contributed by atoms with Crippen LogP contribution >= 0.6 is 11.6 Å². The molecule has 6 heteroatoms. The van der Waals surface area contributed by atoms with Crippen LogP contribution in [0.2, 0.25) is 5.02 Å². The zero-order chi connectivity index (χ0) is 18.9. The molecule has 0 aromatic heterocycles. The lowest BCUT2D eigenvalue weighted by Crippen LogP contribution is -2.27. The molecule has 1 heterocycles. The summed E-state index contributed by atoms with van der Waals surface area (Å²) in [6, 6.07) is 24.8. The van der Waals surface area contributed by atoms with Gasteiger partial charge in [-0.05, 0) is 29.3 Å². The molecule has 0 aliphatic carbocycles. The zero-order valence-electron chi connectivity index (χ0n) is 14.4. The number of rotatable bonds is 4. The molecule has 0 saturated carbocycles. The number of halogens is 1. The summed E-state index contributed by atoms with van der Waals surface area (Å²) in [5.74, 6) is 0. The van der Waals surface area contributed by atoms with Crippen molar-refractivity contribution < 1.29 is 8.42 Å². The van der Waals surface area contributed by atoms with E-state index >= 15 is 0 Å². The highest BCUT2D eigenvalue weighted by molar-refractivity contribution is 7.89. The van der Waals surface area contributed by atoms with Gasteiger partial charge in [0, 0.05) is 11.4 Å². The van der Waals surface area contributed by atoms with Gasteiger partial charge in [0.05, 0.1) is 16.6 Å². The van der Waals surface area contributed by atoms with E-state index in [0.29, 0.717) is 11.4 Å². The van der Waals surface area contributed by atoms with Crippen molar-refractivity contribution >= 4 is 27.3 Å². The maximum absolute atomic E-state index is 13.3. The second kappa shape index (κ2) is 7.18. The van der Waals surface area contributed by atoms with E-state index in [2.05, 4.69) is 5.10 Å². The Balaban J connectivity index is 1.83. The molecule has 0 unspecified atom stereocenters. The van der Waals surface area contributed by atoms with Gasteiger partial charge in [-0.2, -0.15) is 17.9 Å². The molecule has 1 aliphatic rings. The minimum absolute atomic E-state index is 0.208. The number of benzene rings is 3. The fourth-order valence-corrected chi connectivity index (χ4v) is 4.90. The molecule has 4 nitrogen and oxygen atoms in total. The van der Waals surface area contributed by atoms with Crippen LogP contribution in [0, 0.1) is 0 Å². The minimum atomic E-state index is -3.81. The van der Waals surface area contributed by atoms with E-state index in [9.17, 15) is 8.42 Å². The van der Waals surface area contributed by atoms with Crippen molar-refractivity contribution in [2.24, 2.45) is 5.10 Å². The molecule has 4 rings (SSSR count). The first-order valence-corrected chi connectivity index (χ1v) is 10.4. The van der Waals surface area contributed by atoms with Gasteiger partial charge in [0.25, 0.3) is 10.0 Å². The smallest absolute Gasteiger partial charge is 0.200 e. The summed E-state index contributed by atoms with van der Waals surface area (Å²) in [5, 5.41) is 5.04. The standard InChI is InChI=1S/C21H17ClN2O2S/c22-19-14-8-7-13-18(19)21-15-20(16-9-3-1-4-10-16)23-24(21)27(25,26)17-11-5-2-6-12-17/h1-14,21H,15H2/t21-/m0/s1. The van der Waals surface area contributed by atoms with Gasteiger partial charge in [-0.1, -0.05) is 78.3 Å². The fraction of sp³-hybridized carbons (Fsp3) is 0.0952. The molecular formula is C21H17ClN2O2S. The summed E-state index contributed by atoms with van der Waals surface area (Å²) in [4.78, 5) is 0.208. The third kappa shape index (κ3) is 3.36. The van der Waals surface area contributed by atoms with Gasteiger partial charge in [0.1, 0.15) is 0 Å². The van der Waals surface area contributed by atoms with E-state index in [-0.39, 0.29) is 4.90 Å². The Kier molecular flexibility index (Phi) is 4.72. The van der Waals surface area contributed by atoms with Crippen LogP contribution in [-0.4, -0.2) is 18.5 Å². The highest BCUT2D eigenvalue weighted by Gasteiger charge is 2.38. The fourth-order valence-electron chi connectivity index (χ4n) is 3.19. The van der Waals surface area contributed by atoms with Crippen LogP contribution in [0.25, 0.3) is 0 Å². The van der Waals surface area contributed by atoms with Gasteiger partial charge in [0.2, 0.25) is 0 Å². The van der Waals surface area contributed by atoms with Crippen LogP contribution in [0.5, 0.6) is 0 Å². The minimum Gasteiger partial charge on any atom is -0.200 e. The molecule has 0 saturated heterocycles. The predicted octanol–water partition coefficient (Wildman–Crippen LogP) is 4.88. The quantitative estimate of drug-likeness (QED) is 0.631. The van der Waals surface area contributed by atoms with E-state index in [1.54, 1.807) is 36.4 Å². The summed E-state index contributed by atoms with van der Waals surface area (Å²) in [6.07, 6.45) is 0.458. The summed E-state index contributed by atoms with van der Waals surface area (Å²) < 4.78 is 27.8. The third-order valence-electron chi connectivity index (χ3n) is 4.53. The van der Waals surface area contributed by atoms with Crippen LogP contribution in [-0.2, 0) is 10.0 Å². The van der Waals surface area contributed by atoms with Crippen molar-refractivity contribution in [2.75, 3.05) is 0 Å². The Hall–Kier alpha value is -2.63. The molecule has 0 bridgehead atoms. The Labute approximate surface area is 163 Å². The van der Waals surface area contributed by atoms with Crippen molar-refractivity contribution in [3.63, 3.8) is 0 Å². The molecular weight excluding hydrogens is 380 g/mol. The van der Waals surface area contributed by atoms with E-state index < -0.39 is 16.1 Å². The lowest BCUT2D eigenvalue weighted by atomic mass is 9.99. The molecule has 1 aliphatic heterocycles. The molecule has 0 N–H and O–H groups in total. The first kappa shape index (κ1) is 17.8. The van der Waals surface area contributed by atoms with Crippen LogP contribution in [0.15, 0.2) is 94.9 Å². The molecule has 0 amide bonds. The topological polar surface area (TPSA) is 49.7 Å². The summed E-state index contributed by atoms with van der Waals surface area (Å²) in [7, 11) is -3.81. The van der Waals surface area contributed by atoms with Crippen molar-refractivity contribution in [2.45, 2.75) is 17.4 Å². The lowest BCUT2D eigenvalue weighted by molar-refractivity contribution is 0.371. The Morgan fingerprint density at radius 3 is 2.11 bits per heavy atom. The largest absolute Gasteiger partial charge is 0.279 e. The Morgan fingerprint density at radius 1 is 0.852 bits per heavy atom. The molecule has 0 fully saturated rings. The van der Waals surface area contributed by atoms with Crippen LogP contribution in [0.1, 0.15) is 23.6 Å². The number of hydrazone groups is 1. The molecule has 136 valence electrons. The van der Waals surface area contributed by atoms with Crippen LogP contribution < -0.4 is 0 Å². The average Bonchev–Trinajstić information content (AvgIpc) is 3.16. The summed E-state index contributed by atoms with van der Waals surface area (Å²) >= 11 is 6.39. The lowest BCUT2D eigenvalue weighted by Gasteiger charge is -2.24. The van der Waals surface area contributed by atoms with Crippen molar-refractivity contribution in [3.8, 4) is 0 Å². The zero-order valence-corrected chi connectivity index (χ0v) is 15.9. The monoisotopic (exact) mass is 396 g/mol. The third-order valence-corrected chi connectivity index (χ3v) is 6.57. The van der Waals surface area contributed by atoms with Crippen LogP contribution in [0.4, 0.5) is 0 Å². The SMILES string of the molecule is O=S(=O)(c1ccccc1)N1N=C(c2ccccc2)C[C@H]1c1ccccc1Cl. The normalized spacial score (nSPS) is 17.0. The van der Waals surface area contributed by atoms with Crippen molar-refractivity contribution in [1.82, 2.24) is 4.41 Å². The Bertz CT molecular complexity index is 1080.